The topological polar surface area (TPSA) is 65.1 Å². The van der Waals surface area contributed by atoms with Gasteiger partial charge in [0.05, 0.1) is 19.3 Å². The van der Waals surface area contributed by atoms with Crippen LogP contribution in [0.4, 0.5) is 0 Å². The van der Waals surface area contributed by atoms with E-state index >= 15 is 0 Å². The van der Waals surface area contributed by atoms with Crippen LogP contribution in [0.3, 0.4) is 0 Å². The van der Waals surface area contributed by atoms with E-state index in [1.165, 1.54) is 180 Å². The van der Waals surface area contributed by atoms with Crippen molar-refractivity contribution in [1.82, 2.24) is 4.90 Å². The van der Waals surface area contributed by atoms with Crippen LogP contribution in [0.2, 0.25) is 0 Å². The van der Waals surface area contributed by atoms with Crippen LogP contribution < -0.4 is 0 Å². The molecular weight excluding hydrogens is 719 g/mol. The second-order valence-electron chi connectivity index (χ2n) is 18.0. The normalized spacial score (nSPS) is 11.8. The van der Waals surface area contributed by atoms with Gasteiger partial charge in [-0.25, -0.2) is 0 Å². The van der Waals surface area contributed by atoms with Crippen molar-refractivity contribution >= 4 is 11.9 Å². The van der Waals surface area contributed by atoms with Crippen LogP contribution in [0.1, 0.15) is 266 Å². The molecule has 0 fully saturated rings. The van der Waals surface area contributed by atoms with E-state index in [1.807, 2.05) is 0 Å². The van der Waals surface area contributed by atoms with Crippen molar-refractivity contribution in [1.29, 1.82) is 0 Å². The third kappa shape index (κ3) is 39.0. The minimum Gasteiger partial charge on any atom is -0.466 e. The van der Waals surface area contributed by atoms with Crippen molar-refractivity contribution < 1.29 is 23.8 Å². The average molecular weight is 822 g/mol. The van der Waals surface area contributed by atoms with Gasteiger partial charge in [0.1, 0.15) is 0 Å². The van der Waals surface area contributed by atoms with Crippen molar-refractivity contribution in [3.63, 3.8) is 0 Å². The van der Waals surface area contributed by atoms with Gasteiger partial charge in [0, 0.05) is 26.0 Å². The molecule has 58 heavy (non-hydrogen) atoms. The Bertz CT molecular complexity index is 770. The molecule has 0 aliphatic heterocycles. The Balaban J connectivity index is 4.22. The van der Waals surface area contributed by atoms with Gasteiger partial charge < -0.3 is 19.1 Å². The lowest BCUT2D eigenvalue weighted by atomic mass is 9.92. The molecule has 0 saturated carbocycles. The molecule has 0 aromatic rings. The molecule has 0 saturated heterocycles. The molecule has 0 unspecified atom stereocenters. The molecule has 0 rings (SSSR count). The van der Waals surface area contributed by atoms with Gasteiger partial charge in [-0.2, -0.15) is 0 Å². The van der Waals surface area contributed by atoms with E-state index in [9.17, 15) is 9.59 Å². The van der Waals surface area contributed by atoms with Gasteiger partial charge in [0.2, 0.25) is 0 Å². The number of hydrogen-bond acceptors (Lipinski definition) is 6. The molecule has 0 radical (unpaired) electrons. The quantitative estimate of drug-likeness (QED) is 0.0450. The van der Waals surface area contributed by atoms with E-state index in [-0.39, 0.29) is 11.9 Å². The Morgan fingerprint density at radius 1 is 0.379 bits per heavy atom. The first kappa shape index (κ1) is 56.9. The van der Waals surface area contributed by atoms with Gasteiger partial charge in [-0.05, 0) is 82.7 Å². The van der Waals surface area contributed by atoms with E-state index in [0.717, 1.165) is 58.3 Å². The summed E-state index contributed by atoms with van der Waals surface area (Å²) in [5.41, 5.74) is 0. The number of nitrogens with zero attached hydrogens (tertiary/aromatic N) is 1. The van der Waals surface area contributed by atoms with Crippen LogP contribution in [0.5, 0.6) is 0 Å². The predicted octanol–water partition coefficient (Wildman–Crippen LogP) is 15.8. The highest BCUT2D eigenvalue weighted by molar-refractivity contribution is 5.70. The number of carbonyl (C=O) groups excluding carboxylic acids is 2. The highest BCUT2D eigenvalue weighted by Crippen LogP contribution is 2.23. The number of rotatable bonds is 47. The van der Waals surface area contributed by atoms with Crippen LogP contribution in [-0.4, -0.2) is 62.4 Å². The summed E-state index contributed by atoms with van der Waals surface area (Å²) in [6.45, 7) is 18.9. The summed E-state index contributed by atoms with van der Waals surface area (Å²) < 4.78 is 17.8. The summed E-state index contributed by atoms with van der Waals surface area (Å²) in [6, 6.07) is 0. The summed E-state index contributed by atoms with van der Waals surface area (Å²) in [4.78, 5) is 27.5. The van der Waals surface area contributed by atoms with Crippen LogP contribution in [0.15, 0.2) is 0 Å². The molecule has 6 nitrogen and oxygen atoms in total. The number of unbranched alkanes of at least 4 members (excludes halogenated alkanes) is 20. The van der Waals surface area contributed by atoms with E-state index in [2.05, 4.69) is 46.4 Å². The van der Waals surface area contributed by atoms with E-state index in [4.69, 9.17) is 14.2 Å². The lowest BCUT2D eigenvalue weighted by Crippen LogP contribution is -2.25. The summed E-state index contributed by atoms with van der Waals surface area (Å²) >= 11 is 0. The third-order valence-electron chi connectivity index (χ3n) is 12.5. The van der Waals surface area contributed by atoms with E-state index in [1.54, 1.807) is 0 Å². The minimum atomic E-state index is 0.0310. The molecule has 0 aliphatic carbocycles. The molecule has 0 N–H and O–H groups in total. The van der Waals surface area contributed by atoms with Crippen LogP contribution in [0.25, 0.3) is 0 Å². The van der Waals surface area contributed by atoms with Gasteiger partial charge in [-0.3, -0.25) is 9.59 Å². The highest BCUT2D eigenvalue weighted by Gasteiger charge is 2.16. The maximum Gasteiger partial charge on any atom is 0.306 e. The average Bonchev–Trinajstić information content (AvgIpc) is 3.22. The van der Waals surface area contributed by atoms with Crippen LogP contribution >= 0.6 is 0 Å². The number of esters is 2. The molecule has 6 heteroatoms. The van der Waals surface area contributed by atoms with Gasteiger partial charge >= 0.3 is 11.9 Å². The van der Waals surface area contributed by atoms with Gasteiger partial charge in [-0.15, -0.1) is 0 Å². The molecule has 0 aromatic carbocycles. The fraction of sp³-hybridized carbons (Fsp3) is 0.962. The number of hydrogen-bond donors (Lipinski definition) is 0. The van der Waals surface area contributed by atoms with Crippen LogP contribution in [0, 0.1) is 11.8 Å². The molecule has 346 valence electrons. The smallest absolute Gasteiger partial charge is 0.306 e. The lowest BCUT2D eigenvalue weighted by Gasteiger charge is -2.21. The number of ether oxygens (including phenoxy) is 3. The lowest BCUT2D eigenvalue weighted by molar-refractivity contribution is -0.146. The van der Waals surface area contributed by atoms with E-state index < -0.39 is 0 Å². The molecule has 0 aliphatic rings. The molecule has 0 aromatic heterocycles. The zero-order chi connectivity index (χ0) is 42.6. The van der Waals surface area contributed by atoms with Gasteiger partial charge in [0.25, 0.3) is 0 Å². The molecule has 0 spiro atoms. The fourth-order valence-electron chi connectivity index (χ4n) is 8.50. The Hall–Kier alpha value is -1.14. The first-order valence-electron chi connectivity index (χ1n) is 26.1. The Labute approximate surface area is 363 Å². The highest BCUT2D eigenvalue weighted by atomic mass is 16.5. The molecular formula is C52H103NO5. The SMILES string of the molecule is CCCCCC(CCCCC)CC(=O)OCCCCCCCCCC(CCCCCCCCCOC(=O)CC(CCCCC)CCCCC)OCCCN(CC)CC. The number of carbonyl (C=O) groups is 2. The maximum absolute atomic E-state index is 12.5. The maximum atomic E-state index is 12.5. The molecule has 0 amide bonds. The molecule has 0 atom stereocenters. The zero-order valence-corrected chi connectivity index (χ0v) is 40.2. The van der Waals surface area contributed by atoms with Crippen LogP contribution in [-0.2, 0) is 23.8 Å². The van der Waals surface area contributed by atoms with Gasteiger partial charge in [0.15, 0.2) is 0 Å². The predicted molar refractivity (Wildman–Crippen MR) is 251 cm³/mol. The van der Waals surface area contributed by atoms with E-state index in [0.29, 0.717) is 44.0 Å². The summed E-state index contributed by atoms with van der Waals surface area (Å²) in [7, 11) is 0. The third-order valence-corrected chi connectivity index (χ3v) is 12.5. The molecule has 0 heterocycles. The Morgan fingerprint density at radius 3 is 1.05 bits per heavy atom. The minimum absolute atomic E-state index is 0.0310. The monoisotopic (exact) mass is 822 g/mol. The van der Waals surface area contributed by atoms with Crippen molar-refractivity contribution in [3.05, 3.63) is 0 Å². The summed E-state index contributed by atoms with van der Waals surface area (Å²) in [6.07, 6.45) is 41.9. The van der Waals surface area contributed by atoms with Crippen molar-refractivity contribution in [2.45, 2.75) is 272 Å². The summed E-state index contributed by atoms with van der Waals surface area (Å²) in [5.74, 6) is 1.09. The summed E-state index contributed by atoms with van der Waals surface area (Å²) in [5, 5.41) is 0. The largest absolute Gasteiger partial charge is 0.466 e. The standard InChI is InChI=1S/C52H103NO5/c1-7-13-27-36-48(37-28-14-8-2)46-51(54)57-43-33-25-21-17-19-23-31-40-50(56-45-35-42-53(11-5)12-6)41-32-24-20-18-22-26-34-44-58-52(55)47-49(38-29-15-9-3)39-30-16-10-4/h48-50H,7-47H2,1-6H3. The van der Waals surface area contributed by atoms with Crippen molar-refractivity contribution in [2.75, 3.05) is 39.5 Å². The molecule has 0 bridgehead atoms. The Morgan fingerprint density at radius 2 is 0.707 bits per heavy atom. The second-order valence-corrected chi connectivity index (χ2v) is 18.0. The first-order chi connectivity index (χ1) is 28.4. The second kappa shape index (κ2) is 45.4. The van der Waals surface area contributed by atoms with Gasteiger partial charge in [-0.1, -0.05) is 196 Å². The fourth-order valence-corrected chi connectivity index (χ4v) is 8.50. The van der Waals surface area contributed by atoms with Crippen molar-refractivity contribution in [2.24, 2.45) is 11.8 Å². The first-order valence-corrected chi connectivity index (χ1v) is 26.1. The Kier molecular flexibility index (Phi) is 44.5. The van der Waals surface area contributed by atoms with Crippen molar-refractivity contribution in [3.8, 4) is 0 Å². The zero-order valence-electron chi connectivity index (χ0n) is 40.2.